The largest absolute Gasteiger partial charge is 0.452 e. The van der Waals surface area contributed by atoms with Gasteiger partial charge in [0.2, 0.25) is 0 Å². The first kappa shape index (κ1) is 19.9. The quantitative estimate of drug-likeness (QED) is 0.330. The van der Waals surface area contributed by atoms with Gasteiger partial charge in [0, 0.05) is 6.08 Å². The fourth-order valence-electron chi connectivity index (χ4n) is 2.27. The van der Waals surface area contributed by atoms with E-state index >= 15 is 0 Å². The fourth-order valence-corrected chi connectivity index (χ4v) is 2.27. The van der Waals surface area contributed by atoms with Crippen LogP contribution in [0, 0.1) is 10.1 Å². The topological polar surface area (TPSA) is 112 Å². The highest BCUT2D eigenvalue weighted by Crippen LogP contribution is 2.16. The Hall–Kier alpha value is -3.42. The first-order valence-electron chi connectivity index (χ1n) is 8.36. The van der Waals surface area contributed by atoms with Crippen LogP contribution >= 0.6 is 0 Å². The molecule has 1 N–H and O–H groups in total. The zero-order chi connectivity index (χ0) is 19.8. The molecule has 0 aliphatic heterocycles. The van der Waals surface area contributed by atoms with Gasteiger partial charge < -0.3 is 14.5 Å². The second-order valence-electron chi connectivity index (χ2n) is 5.76. The summed E-state index contributed by atoms with van der Waals surface area (Å²) in [5.74, 6) is -1.49. The number of benzene rings is 1. The van der Waals surface area contributed by atoms with Crippen molar-refractivity contribution in [1.82, 2.24) is 5.32 Å². The first-order chi connectivity index (χ1) is 12.9. The lowest BCUT2D eigenvalue weighted by Crippen LogP contribution is -2.30. The van der Waals surface area contributed by atoms with Crippen molar-refractivity contribution in [2.24, 2.45) is 0 Å². The van der Waals surface area contributed by atoms with Crippen molar-refractivity contribution in [1.29, 1.82) is 0 Å². The minimum atomic E-state index is -0.760. The molecule has 8 nitrogen and oxygen atoms in total. The summed E-state index contributed by atoms with van der Waals surface area (Å²) in [5.41, 5.74) is 2.16. The molecule has 2 aromatic rings. The lowest BCUT2D eigenvalue weighted by atomic mass is 10.1. The number of hydrogen-bond donors (Lipinski definition) is 1. The number of hydrogen-bond acceptors (Lipinski definition) is 6. The third kappa shape index (κ3) is 6.10. The summed E-state index contributed by atoms with van der Waals surface area (Å²) in [6, 6.07) is 10.2. The van der Waals surface area contributed by atoms with Gasteiger partial charge in [-0.2, -0.15) is 0 Å². The Balaban J connectivity index is 1.78. The van der Waals surface area contributed by atoms with E-state index in [1.54, 1.807) is 0 Å². The predicted octanol–water partition coefficient (Wildman–Crippen LogP) is 3.18. The Bertz CT molecular complexity index is 838. The number of amides is 1. The molecule has 0 fully saturated rings. The minimum Gasteiger partial charge on any atom is -0.452 e. The molecular formula is C19H20N2O6. The molecule has 2 rings (SSSR count). The van der Waals surface area contributed by atoms with Gasteiger partial charge in [-0.15, -0.1) is 0 Å². The van der Waals surface area contributed by atoms with Gasteiger partial charge in [0.05, 0.1) is 12.1 Å². The lowest BCUT2D eigenvalue weighted by Gasteiger charge is -2.14. The van der Waals surface area contributed by atoms with E-state index in [0.717, 1.165) is 18.1 Å². The number of nitrogens with zero attached hydrogens (tertiary/aromatic N) is 1. The van der Waals surface area contributed by atoms with Crippen molar-refractivity contribution in [3.8, 4) is 0 Å². The highest BCUT2D eigenvalue weighted by atomic mass is 16.6. The van der Waals surface area contributed by atoms with E-state index in [-0.39, 0.29) is 11.8 Å². The van der Waals surface area contributed by atoms with Gasteiger partial charge in [-0.05, 0) is 36.6 Å². The molecule has 142 valence electrons. The molecular weight excluding hydrogens is 352 g/mol. The van der Waals surface area contributed by atoms with Crippen molar-refractivity contribution < 1.29 is 23.7 Å². The van der Waals surface area contributed by atoms with Crippen LogP contribution < -0.4 is 5.32 Å². The number of esters is 1. The van der Waals surface area contributed by atoms with Gasteiger partial charge in [0.1, 0.15) is 10.7 Å². The monoisotopic (exact) mass is 372 g/mol. The average Bonchev–Trinajstić information content (AvgIpc) is 3.14. The normalized spacial score (nSPS) is 11.9. The molecule has 0 saturated carbocycles. The Kier molecular flexibility index (Phi) is 6.87. The van der Waals surface area contributed by atoms with E-state index in [9.17, 15) is 19.7 Å². The summed E-state index contributed by atoms with van der Waals surface area (Å²) in [6.45, 7) is 3.47. The van der Waals surface area contributed by atoms with Crippen LogP contribution in [0.3, 0.4) is 0 Å². The summed E-state index contributed by atoms with van der Waals surface area (Å²) in [5, 5.41) is 13.2. The van der Waals surface area contributed by atoms with Crippen LogP contribution in [0.2, 0.25) is 0 Å². The van der Waals surface area contributed by atoms with Crippen molar-refractivity contribution in [3.05, 3.63) is 69.5 Å². The second-order valence-corrected chi connectivity index (χ2v) is 5.76. The highest BCUT2D eigenvalue weighted by Gasteiger charge is 2.12. The summed E-state index contributed by atoms with van der Waals surface area (Å²) >= 11 is 0. The van der Waals surface area contributed by atoms with E-state index in [0.29, 0.717) is 0 Å². The van der Waals surface area contributed by atoms with E-state index in [1.807, 2.05) is 31.2 Å². The van der Waals surface area contributed by atoms with Crippen LogP contribution in [0.5, 0.6) is 0 Å². The second kappa shape index (κ2) is 9.33. The highest BCUT2D eigenvalue weighted by molar-refractivity contribution is 5.89. The maximum absolute atomic E-state index is 11.9. The van der Waals surface area contributed by atoms with Gasteiger partial charge in [0.15, 0.2) is 6.61 Å². The molecule has 8 heteroatoms. The van der Waals surface area contributed by atoms with Crippen molar-refractivity contribution >= 4 is 23.8 Å². The van der Waals surface area contributed by atoms with Crippen LogP contribution in [0.4, 0.5) is 5.88 Å². The molecule has 0 aliphatic carbocycles. The molecule has 1 atom stereocenters. The van der Waals surface area contributed by atoms with E-state index in [2.05, 4.69) is 12.2 Å². The summed E-state index contributed by atoms with van der Waals surface area (Å²) in [4.78, 5) is 33.3. The number of nitro groups is 1. The third-order valence-electron chi connectivity index (χ3n) is 3.79. The Morgan fingerprint density at radius 1 is 1.26 bits per heavy atom. The molecule has 1 aromatic carbocycles. The maximum Gasteiger partial charge on any atom is 0.433 e. The molecule has 0 saturated heterocycles. The SMILES string of the molecule is CCc1ccc([C@H](C)NC(=O)COC(=O)/C=C/c2ccc([N+](=O)[O-])o2)cc1. The smallest absolute Gasteiger partial charge is 0.433 e. The molecule has 0 unspecified atom stereocenters. The van der Waals surface area contributed by atoms with Crippen LogP contribution in [0.1, 0.15) is 36.8 Å². The molecule has 0 aliphatic rings. The van der Waals surface area contributed by atoms with Gasteiger partial charge in [0.25, 0.3) is 5.91 Å². The van der Waals surface area contributed by atoms with Crippen molar-refractivity contribution in [2.75, 3.05) is 6.61 Å². The molecule has 0 bridgehead atoms. The Morgan fingerprint density at radius 2 is 1.96 bits per heavy atom. The van der Waals surface area contributed by atoms with Gasteiger partial charge in [-0.25, -0.2) is 4.79 Å². The molecule has 0 spiro atoms. The van der Waals surface area contributed by atoms with Crippen LogP contribution in [0.15, 0.2) is 46.9 Å². The Morgan fingerprint density at radius 3 is 2.56 bits per heavy atom. The maximum atomic E-state index is 11.9. The number of rotatable bonds is 8. The standard InChI is InChI=1S/C19H20N2O6/c1-3-14-4-6-15(7-5-14)13(2)20-17(22)12-26-19(23)11-9-16-8-10-18(27-16)21(24)25/h4-11,13H,3,12H2,1-2H3,(H,20,22)/b11-9+/t13-/m0/s1. The number of ether oxygens (including phenoxy) is 1. The molecule has 1 heterocycles. The summed E-state index contributed by atoms with van der Waals surface area (Å²) < 4.78 is 9.71. The van der Waals surface area contributed by atoms with Gasteiger partial charge in [-0.3, -0.25) is 14.9 Å². The zero-order valence-electron chi connectivity index (χ0n) is 15.0. The predicted molar refractivity (Wildman–Crippen MR) is 97.7 cm³/mol. The summed E-state index contributed by atoms with van der Waals surface area (Å²) in [6.07, 6.45) is 3.20. The molecule has 1 amide bonds. The van der Waals surface area contributed by atoms with Crippen molar-refractivity contribution in [3.63, 3.8) is 0 Å². The average molecular weight is 372 g/mol. The molecule has 27 heavy (non-hydrogen) atoms. The van der Waals surface area contributed by atoms with Gasteiger partial charge in [-0.1, -0.05) is 31.2 Å². The number of furan rings is 1. The van der Waals surface area contributed by atoms with E-state index < -0.39 is 29.3 Å². The Labute approximate surface area is 156 Å². The van der Waals surface area contributed by atoms with E-state index in [4.69, 9.17) is 9.15 Å². The zero-order valence-corrected chi connectivity index (χ0v) is 15.0. The molecule has 1 aromatic heterocycles. The van der Waals surface area contributed by atoms with E-state index in [1.165, 1.54) is 23.8 Å². The lowest BCUT2D eigenvalue weighted by molar-refractivity contribution is -0.402. The van der Waals surface area contributed by atoms with Crippen LogP contribution in [-0.2, 0) is 20.7 Å². The van der Waals surface area contributed by atoms with Crippen LogP contribution in [-0.4, -0.2) is 23.4 Å². The number of nitrogens with one attached hydrogen (secondary N) is 1. The first-order valence-corrected chi connectivity index (χ1v) is 8.36. The third-order valence-corrected chi connectivity index (χ3v) is 3.79. The number of carbonyl (C=O) groups excluding carboxylic acids is 2. The number of aryl methyl sites for hydroxylation is 1. The van der Waals surface area contributed by atoms with Crippen molar-refractivity contribution in [2.45, 2.75) is 26.3 Å². The van der Waals surface area contributed by atoms with Gasteiger partial charge >= 0.3 is 11.9 Å². The fraction of sp³-hybridized carbons (Fsp3) is 0.263. The molecule has 0 radical (unpaired) electrons. The summed E-state index contributed by atoms with van der Waals surface area (Å²) in [7, 11) is 0. The van der Waals surface area contributed by atoms with Crippen LogP contribution in [0.25, 0.3) is 6.08 Å². The number of carbonyl (C=O) groups is 2. The minimum absolute atomic E-state index is 0.132.